The van der Waals surface area contributed by atoms with Gasteiger partial charge < -0.3 is 20.3 Å². The minimum Gasteiger partial charge on any atom is -0.387 e. The molecule has 1 aromatic heterocycles. The molecular formula is C16H19N3O3. The van der Waals surface area contributed by atoms with Crippen molar-refractivity contribution >= 4 is 11.7 Å². The monoisotopic (exact) mass is 301 g/mol. The molecule has 1 aromatic carbocycles. The Labute approximate surface area is 128 Å². The number of pyridine rings is 1. The molecule has 0 saturated carbocycles. The summed E-state index contributed by atoms with van der Waals surface area (Å²) in [5.41, 5.74) is 2.15. The first-order valence-corrected chi connectivity index (χ1v) is 6.92. The second-order valence-electron chi connectivity index (χ2n) is 5.13. The van der Waals surface area contributed by atoms with Gasteiger partial charge >= 0.3 is 6.03 Å². The lowest BCUT2D eigenvalue weighted by Gasteiger charge is -2.13. The van der Waals surface area contributed by atoms with Crippen molar-refractivity contribution in [1.29, 1.82) is 0 Å². The predicted octanol–water partition coefficient (Wildman–Crippen LogP) is 1.55. The van der Waals surface area contributed by atoms with E-state index in [1.54, 1.807) is 7.05 Å². The van der Waals surface area contributed by atoms with Crippen LogP contribution in [0.4, 0.5) is 10.5 Å². The highest BCUT2D eigenvalue weighted by Crippen LogP contribution is 2.13. The maximum absolute atomic E-state index is 11.8. The molecule has 22 heavy (non-hydrogen) atoms. The number of aromatic nitrogens is 1. The van der Waals surface area contributed by atoms with E-state index in [0.29, 0.717) is 5.69 Å². The molecule has 0 bridgehead atoms. The second-order valence-corrected chi connectivity index (χ2v) is 5.13. The van der Waals surface area contributed by atoms with Crippen LogP contribution in [0.15, 0.2) is 47.4 Å². The third-order valence-electron chi connectivity index (χ3n) is 3.23. The average molecular weight is 301 g/mol. The predicted molar refractivity (Wildman–Crippen MR) is 84.8 cm³/mol. The van der Waals surface area contributed by atoms with Crippen LogP contribution in [0, 0.1) is 6.92 Å². The number of benzene rings is 1. The molecule has 1 unspecified atom stereocenters. The fraction of sp³-hybridized carbons (Fsp3) is 0.250. The summed E-state index contributed by atoms with van der Waals surface area (Å²) in [5, 5.41) is 15.3. The Morgan fingerprint density at radius 3 is 2.77 bits per heavy atom. The molecule has 0 aliphatic carbocycles. The largest absolute Gasteiger partial charge is 0.387 e. The van der Waals surface area contributed by atoms with E-state index >= 15 is 0 Å². The highest BCUT2D eigenvalue weighted by Gasteiger charge is 2.09. The third kappa shape index (κ3) is 4.20. The van der Waals surface area contributed by atoms with E-state index in [4.69, 9.17) is 0 Å². The number of rotatable bonds is 4. The highest BCUT2D eigenvalue weighted by molar-refractivity contribution is 5.88. The quantitative estimate of drug-likeness (QED) is 0.801. The van der Waals surface area contributed by atoms with Crippen molar-refractivity contribution in [3.05, 3.63) is 64.1 Å². The molecule has 0 aliphatic heterocycles. The molecule has 1 atom stereocenters. The van der Waals surface area contributed by atoms with E-state index in [9.17, 15) is 14.7 Å². The first kappa shape index (κ1) is 15.8. The zero-order valence-electron chi connectivity index (χ0n) is 12.5. The molecule has 0 radical (unpaired) electrons. The van der Waals surface area contributed by atoms with Crippen molar-refractivity contribution in [3.63, 3.8) is 0 Å². The Balaban J connectivity index is 1.89. The van der Waals surface area contributed by atoms with Gasteiger partial charge in [-0.2, -0.15) is 0 Å². The fourth-order valence-electron chi connectivity index (χ4n) is 2.03. The fourth-order valence-corrected chi connectivity index (χ4v) is 2.03. The summed E-state index contributed by atoms with van der Waals surface area (Å²) in [6.07, 6.45) is 0.754. The lowest BCUT2D eigenvalue weighted by molar-refractivity contribution is 0.175. The maximum atomic E-state index is 11.8. The molecule has 6 heteroatoms. The molecule has 0 saturated heterocycles. The molecule has 1 heterocycles. The summed E-state index contributed by atoms with van der Waals surface area (Å²) in [7, 11) is 1.60. The SMILES string of the molecule is Cc1cccc(C(O)CNC(=O)Nc2ccc(=O)n(C)c2)c1. The van der Waals surface area contributed by atoms with Crippen LogP contribution in [-0.2, 0) is 7.05 Å². The van der Waals surface area contributed by atoms with Crippen LogP contribution in [0.3, 0.4) is 0 Å². The van der Waals surface area contributed by atoms with Gasteiger partial charge in [-0.25, -0.2) is 4.79 Å². The molecular weight excluding hydrogens is 282 g/mol. The average Bonchev–Trinajstić information content (AvgIpc) is 2.48. The summed E-state index contributed by atoms with van der Waals surface area (Å²) in [6.45, 7) is 2.04. The molecule has 0 spiro atoms. The van der Waals surface area contributed by atoms with Crippen molar-refractivity contribution in [2.24, 2.45) is 7.05 Å². The molecule has 0 aliphatic rings. The number of carbonyl (C=O) groups excluding carboxylic acids is 1. The number of anilines is 1. The number of carbonyl (C=O) groups is 1. The second kappa shape index (κ2) is 6.91. The number of hydrogen-bond donors (Lipinski definition) is 3. The summed E-state index contributed by atoms with van der Waals surface area (Å²) < 4.78 is 1.37. The number of aryl methyl sites for hydroxylation is 2. The Morgan fingerprint density at radius 1 is 1.32 bits per heavy atom. The van der Waals surface area contributed by atoms with Gasteiger partial charge in [0.2, 0.25) is 5.56 Å². The number of amides is 2. The summed E-state index contributed by atoms with van der Waals surface area (Å²) in [5.74, 6) is 0. The van der Waals surface area contributed by atoms with Gasteiger partial charge in [0.05, 0.1) is 11.8 Å². The first-order chi connectivity index (χ1) is 10.5. The van der Waals surface area contributed by atoms with E-state index in [1.807, 2.05) is 31.2 Å². The number of aliphatic hydroxyl groups excluding tert-OH is 1. The van der Waals surface area contributed by atoms with Crippen LogP contribution in [-0.4, -0.2) is 22.2 Å². The third-order valence-corrected chi connectivity index (χ3v) is 3.23. The standard InChI is InChI=1S/C16H19N3O3/c1-11-4-3-5-12(8-11)14(20)9-17-16(22)18-13-6-7-15(21)19(2)10-13/h3-8,10,14,20H,9H2,1-2H3,(H2,17,18,22). The normalized spacial score (nSPS) is 11.8. The minimum atomic E-state index is -0.772. The van der Waals surface area contributed by atoms with Crippen molar-refractivity contribution in [3.8, 4) is 0 Å². The summed E-state index contributed by atoms with van der Waals surface area (Å²) in [4.78, 5) is 23.0. The van der Waals surface area contributed by atoms with Gasteiger partial charge in [-0.05, 0) is 18.6 Å². The van der Waals surface area contributed by atoms with Crippen LogP contribution >= 0.6 is 0 Å². The first-order valence-electron chi connectivity index (χ1n) is 6.92. The maximum Gasteiger partial charge on any atom is 0.319 e. The zero-order valence-corrected chi connectivity index (χ0v) is 12.5. The molecule has 2 amide bonds. The van der Waals surface area contributed by atoms with Crippen molar-refractivity contribution in [2.45, 2.75) is 13.0 Å². The van der Waals surface area contributed by atoms with Crippen LogP contribution in [0.1, 0.15) is 17.2 Å². The van der Waals surface area contributed by atoms with Crippen LogP contribution in [0.2, 0.25) is 0 Å². The van der Waals surface area contributed by atoms with Gasteiger partial charge in [-0.3, -0.25) is 4.79 Å². The minimum absolute atomic E-state index is 0.0983. The zero-order chi connectivity index (χ0) is 16.1. The molecule has 3 N–H and O–H groups in total. The van der Waals surface area contributed by atoms with E-state index in [2.05, 4.69) is 10.6 Å². The smallest absolute Gasteiger partial charge is 0.319 e. The lowest BCUT2D eigenvalue weighted by atomic mass is 10.1. The van der Waals surface area contributed by atoms with E-state index in [1.165, 1.54) is 22.9 Å². The van der Waals surface area contributed by atoms with Crippen LogP contribution in [0.25, 0.3) is 0 Å². The summed E-state index contributed by atoms with van der Waals surface area (Å²) in [6, 6.07) is 9.94. The molecule has 2 rings (SSSR count). The number of urea groups is 1. The number of aliphatic hydroxyl groups is 1. The number of hydrogen-bond acceptors (Lipinski definition) is 3. The molecule has 6 nitrogen and oxygen atoms in total. The van der Waals surface area contributed by atoms with E-state index < -0.39 is 12.1 Å². The molecule has 2 aromatic rings. The Hall–Kier alpha value is -2.60. The molecule has 0 fully saturated rings. The topological polar surface area (TPSA) is 83.4 Å². The van der Waals surface area contributed by atoms with Gasteiger partial charge in [-0.15, -0.1) is 0 Å². The lowest BCUT2D eigenvalue weighted by Crippen LogP contribution is -2.32. The highest BCUT2D eigenvalue weighted by atomic mass is 16.3. The Kier molecular flexibility index (Phi) is 4.95. The Morgan fingerprint density at radius 2 is 2.09 bits per heavy atom. The van der Waals surface area contributed by atoms with E-state index in [0.717, 1.165) is 11.1 Å². The number of nitrogens with one attached hydrogen (secondary N) is 2. The summed E-state index contributed by atoms with van der Waals surface area (Å²) >= 11 is 0. The van der Waals surface area contributed by atoms with Crippen molar-refractivity contribution in [2.75, 3.05) is 11.9 Å². The van der Waals surface area contributed by atoms with Crippen LogP contribution < -0.4 is 16.2 Å². The van der Waals surface area contributed by atoms with E-state index in [-0.39, 0.29) is 12.1 Å². The van der Waals surface area contributed by atoms with Gasteiger partial charge in [0.25, 0.3) is 0 Å². The van der Waals surface area contributed by atoms with Gasteiger partial charge in [0.1, 0.15) is 0 Å². The van der Waals surface area contributed by atoms with Crippen molar-refractivity contribution in [1.82, 2.24) is 9.88 Å². The van der Waals surface area contributed by atoms with Gasteiger partial charge in [0, 0.05) is 25.9 Å². The van der Waals surface area contributed by atoms with Crippen molar-refractivity contribution < 1.29 is 9.90 Å². The molecule has 116 valence electrons. The number of nitrogens with zero attached hydrogens (tertiary/aromatic N) is 1. The van der Waals surface area contributed by atoms with Crippen LogP contribution in [0.5, 0.6) is 0 Å². The van der Waals surface area contributed by atoms with Gasteiger partial charge in [-0.1, -0.05) is 29.8 Å². The Bertz CT molecular complexity index is 725. The van der Waals surface area contributed by atoms with Gasteiger partial charge in [0.15, 0.2) is 0 Å².